The summed E-state index contributed by atoms with van der Waals surface area (Å²) >= 11 is 15.8. The van der Waals surface area contributed by atoms with Crippen LogP contribution in [-0.4, -0.2) is 88.8 Å². The van der Waals surface area contributed by atoms with E-state index in [4.69, 9.17) is 37.9 Å². The summed E-state index contributed by atoms with van der Waals surface area (Å²) in [5.41, 5.74) is 3.71. The Morgan fingerprint density at radius 1 is 1.08 bits per heavy atom. The maximum atomic E-state index is 13.7. The molecular weight excluding hydrogens is 741 g/mol. The second-order valence-electron chi connectivity index (χ2n) is 13.4. The van der Waals surface area contributed by atoms with Gasteiger partial charge in [0.25, 0.3) is 0 Å². The molecule has 2 aromatic heterocycles. The Kier molecular flexibility index (Phi) is 10.2. The number of ether oxygens (including phenoxy) is 1. The van der Waals surface area contributed by atoms with Gasteiger partial charge in [0.1, 0.15) is 11.8 Å². The van der Waals surface area contributed by atoms with Crippen LogP contribution < -0.4 is 10.2 Å². The van der Waals surface area contributed by atoms with E-state index in [2.05, 4.69) is 15.2 Å². The number of ketones is 1. The lowest BCUT2D eigenvalue weighted by Gasteiger charge is -2.38. The number of carbonyl (C=O) groups is 3. The lowest BCUT2D eigenvalue weighted by atomic mass is 9.81. The average molecular weight is 779 g/mol. The number of hydrogen-bond acceptors (Lipinski definition) is 11. The van der Waals surface area contributed by atoms with Gasteiger partial charge in [-0.15, -0.1) is 22.7 Å². The highest BCUT2D eigenvalue weighted by molar-refractivity contribution is 7.14. The first kappa shape index (κ1) is 36.2. The van der Waals surface area contributed by atoms with Crippen molar-refractivity contribution < 1.29 is 19.1 Å². The molecule has 1 N–H and O–H groups in total. The molecule has 2 aromatic carbocycles. The fourth-order valence-corrected chi connectivity index (χ4v) is 8.58. The van der Waals surface area contributed by atoms with Crippen LogP contribution in [-0.2, 0) is 19.7 Å². The quantitative estimate of drug-likeness (QED) is 0.172. The molecule has 11 nitrogen and oxygen atoms in total. The van der Waals surface area contributed by atoms with Crippen LogP contribution in [0, 0.1) is 0 Å². The van der Waals surface area contributed by atoms with E-state index >= 15 is 0 Å². The van der Waals surface area contributed by atoms with Gasteiger partial charge in [0.2, 0.25) is 0 Å². The third-order valence-electron chi connectivity index (χ3n) is 9.84. The van der Waals surface area contributed by atoms with Crippen LogP contribution in [0.15, 0.2) is 75.7 Å². The lowest BCUT2D eigenvalue weighted by Crippen LogP contribution is -2.53. The first-order valence-corrected chi connectivity index (χ1v) is 19.4. The summed E-state index contributed by atoms with van der Waals surface area (Å²) < 4.78 is 5.57. The molecule has 52 heavy (non-hydrogen) atoms. The molecule has 2 atom stereocenters. The van der Waals surface area contributed by atoms with Crippen LogP contribution in [0.3, 0.4) is 0 Å². The summed E-state index contributed by atoms with van der Waals surface area (Å²) in [5.74, 6) is 0.151. The number of amides is 2. The van der Waals surface area contributed by atoms with E-state index in [1.807, 2.05) is 53.8 Å². The Morgan fingerprint density at radius 3 is 2.56 bits per heavy atom. The molecule has 5 heterocycles. The summed E-state index contributed by atoms with van der Waals surface area (Å²) in [4.78, 5) is 59.6. The van der Waals surface area contributed by atoms with Gasteiger partial charge < -0.3 is 15.0 Å². The Labute approximate surface area is 319 Å². The highest BCUT2D eigenvalue weighted by Crippen LogP contribution is 2.38. The number of rotatable bonds is 10. The van der Waals surface area contributed by atoms with Crippen LogP contribution >= 0.6 is 45.9 Å². The molecule has 0 radical (unpaired) electrons. The first-order valence-electron chi connectivity index (χ1n) is 16.9. The number of halogens is 2. The van der Waals surface area contributed by atoms with Gasteiger partial charge in [-0.1, -0.05) is 53.5 Å². The molecule has 15 heteroatoms. The molecule has 4 aromatic rings. The Hall–Kier alpha value is -4.14. The highest BCUT2D eigenvalue weighted by Gasteiger charge is 2.43. The predicted octanol–water partition coefficient (Wildman–Crippen LogP) is 6.97. The molecule has 7 rings (SSSR count). The molecule has 270 valence electrons. The fourth-order valence-electron chi connectivity index (χ4n) is 6.65. The second kappa shape index (κ2) is 14.7. The summed E-state index contributed by atoms with van der Waals surface area (Å²) in [5, 5.41) is 9.42. The Balaban J connectivity index is 1.12. The first-order chi connectivity index (χ1) is 24.9. The molecule has 2 amide bonds. The van der Waals surface area contributed by atoms with Gasteiger partial charge in [0.05, 0.1) is 30.5 Å². The molecular formula is C37H37Cl2N7O4S2. The van der Waals surface area contributed by atoms with E-state index in [-0.39, 0.29) is 24.5 Å². The van der Waals surface area contributed by atoms with Crippen LogP contribution in [0.5, 0.6) is 0 Å². The van der Waals surface area contributed by atoms with Crippen molar-refractivity contribution in [1.82, 2.24) is 25.1 Å². The molecule has 2 fully saturated rings. The van der Waals surface area contributed by atoms with E-state index in [0.29, 0.717) is 75.6 Å². The monoisotopic (exact) mass is 777 g/mol. The topological polar surface area (TPSA) is 120 Å². The van der Waals surface area contributed by atoms with Crippen LogP contribution in [0.2, 0.25) is 10.0 Å². The number of esters is 1. The minimum absolute atomic E-state index is 0.0676. The van der Waals surface area contributed by atoms with Crippen molar-refractivity contribution in [3.05, 3.63) is 96.9 Å². The highest BCUT2D eigenvalue weighted by atomic mass is 35.5. The number of amidine groups is 1. The number of nitrogens with one attached hydrogen (secondary N) is 1. The van der Waals surface area contributed by atoms with Gasteiger partial charge >= 0.3 is 12.0 Å². The Morgan fingerprint density at radius 2 is 1.87 bits per heavy atom. The maximum Gasteiger partial charge on any atom is 0.338 e. The number of thiazole rings is 2. The van der Waals surface area contributed by atoms with Crippen molar-refractivity contribution in [3.8, 4) is 11.3 Å². The van der Waals surface area contributed by atoms with Crippen molar-refractivity contribution in [2.75, 3.05) is 44.2 Å². The summed E-state index contributed by atoms with van der Waals surface area (Å²) in [7, 11) is 0. The number of nitrogens with zero attached hydrogens (tertiary/aromatic N) is 6. The molecule has 0 unspecified atom stereocenters. The summed E-state index contributed by atoms with van der Waals surface area (Å²) in [6.07, 6.45) is 1.71. The van der Waals surface area contributed by atoms with E-state index in [1.165, 1.54) is 22.7 Å². The summed E-state index contributed by atoms with van der Waals surface area (Å²) in [6, 6.07) is 12.1. The van der Waals surface area contributed by atoms with Crippen molar-refractivity contribution >= 4 is 74.6 Å². The predicted molar refractivity (Wildman–Crippen MR) is 206 cm³/mol. The number of piperazine rings is 1. The number of aliphatic imine (C=N–C) groups is 1. The molecule has 0 aliphatic carbocycles. The third-order valence-corrected chi connectivity index (χ3v) is 12.0. The summed E-state index contributed by atoms with van der Waals surface area (Å²) in [6.45, 7) is 9.99. The van der Waals surface area contributed by atoms with Crippen molar-refractivity contribution in [2.45, 2.75) is 45.2 Å². The normalized spacial score (nSPS) is 19.4. The molecule has 0 spiro atoms. The van der Waals surface area contributed by atoms with Gasteiger partial charge in [-0.25, -0.2) is 19.6 Å². The van der Waals surface area contributed by atoms with Crippen LogP contribution in [0.4, 0.5) is 9.93 Å². The smallest absolute Gasteiger partial charge is 0.338 e. The third kappa shape index (κ3) is 7.00. The van der Waals surface area contributed by atoms with Gasteiger partial charge in [0.15, 0.2) is 16.0 Å². The average Bonchev–Trinajstić information content (AvgIpc) is 3.89. The second-order valence-corrected chi connectivity index (χ2v) is 15.9. The minimum Gasteiger partial charge on any atom is -0.463 e. The van der Waals surface area contributed by atoms with Crippen LogP contribution in [0.1, 0.15) is 49.9 Å². The largest absolute Gasteiger partial charge is 0.463 e. The van der Waals surface area contributed by atoms with Gasteiger partial charge in [-0.3, -0.25) is 19.6 Å². The SMILES string of the molecule is CCOC(=O)C1=C(CN2CCN3C(=O)N(c4nc(-c5ccc(C(C)(C)C(C)=O)cc5)cs4)C[C@@H]3C2)NC(c2nccs2)=N[C@H]1c1ccc(Cl)cc1Cl. The lowest BCUT2D eigenvalue weighted by molar-refractivity contribution is -0.139. The van der Waals surface area contributed by atoms with E-state index in [0.717, 1.165) is 16.8 Å². The fraction of sp³-hybridized carbons (Fsp3) is 0.351. The number of urea groups is 1. The zero-order valence-electron chi connectivity index (χ0n) is 29.1. The number of Topliss-reactive ketones (excluding diaryl/α,β-unsaturated/α-hetero) is 1. The molecule has 0 saturated carbocycles. The number of carbonyl (C=O) groups excluding carboxylic acids is 3. The molecule has 0 bridgehead atoms. The number of fused-ring (bicyclic) bond motifs is 1. The molecule has 3 aliphatic heterocycles. The standard InChI is InChI=1S/C37H37Cl2N7O4S2/c1-5-50-34(48)30-28(41-32(33-40-12-15-51-33)43-31(30)26-11-10-24(38)16-27(26)39)19-44-13-14-45-25(17-44)18-46(36(45)49)35-42-29(20-52-35)22-6-8-23(9-7-22)37(3,4)21(2)47/h6-12,15-16,20,25,31H,5,13-14,17-19H2,1-4H3,(H,41,43)/t25-,31-/m0/s1. The number of benzene rings is 2. The van der Waals surface area contributed by atoms with E-state index < -0.39 is 17.4 Å². The van der Waals surface area contributed by atoms with Crippen molar-refractivity contribution in [2.24, 2.45) is 4.99 Å². The minimum atomic E-state index is -0.750. The van der Waals surface area contributed by atoms with Gasteiger partial charge in [0, 0.05) is 75.4 Å². The zero-order chi connectivity index (χ0) is 36.7. The van der Waals surface area contributed by atoms with E-state index in [1.54, 1.807) is 43.1 Å². The Bertz CT molecular complexity index is 2080. The van der Waals surface area contributed by atoms with Crippen molar-refractivity contribution in [3.63, 3.8) is 0 Å². The molecule has 2 saturated heterocycles. The maximum absolute atomic E-state index is 13.7. The van der Waals surface area contributed by atoms with Gasteiger partial charge in [-0.05, 0) is 45.4 Å². The van der Waals surface area contributed by atoms with E-state index in [9.17, 15) is 14.4 Å². The number of aromatic nitrogens is 2. The number of hydrogen-bond donors (Lipinski definition) is 1. The zero-order valence-corrected chi connectivity index (χ0v) is 32.2. The van der Waals surface area contributed by atoms with Crippen molar-refractivity contribution in [1.29, 1.82) is 0 Å². The van der Waals surface area contributed by atoms with Crippen LogP contribution in [0.25, 0.3) is 11.3 Å². The molecule has 3 aliphatic rings. The number of anilines is 1. The van der Waals surface area contributed by atoms with Gasteiger partial charge in [-0.2, -0.15) is 0 Å².